The van der Waals surface area contributed by atoms with Crippen molar-refractivity contribution in [3.05, 3.63) is 35.3 Å². The smallest absolute Gasteiger partial charge is 0.228 e. The first-order valence-corrected chi connectivity index (χ1v) is 7.04. The molecule has 3 rings (SSSR count). The fourth-order valence-corrected chi connectivity index (χ4v) is 2.74. The lowest BCUT2D eigenvalue weighted by molar-refractivity contribution is -0.120. The van der Waals surface area contributed by atoms with Gasteiger partial charge in [-0.2, -0.15) is 0 Å². The van der Waals surface area contributed by atoms with Crippen LogP contribution in [0, 0.1) is 5.82 Å². The zero-order valence-electron chi connectivity index (χ0n) is 12.2. The standard InChI is InChI=1S/C16H19FN2O2/c1-15(2,8-20)13-6-9-5-10(11(17)7-12(9)19-13)16(3-4-16)14(18)21/h5-7,19-20H,3-4,8H2,1-2H3,(H2,18,21). The van der Waals surface area contributed by atoms with Crippen LogP contribution in [0.15, 0.2) is 18.2 Å². The number of hydrogen-bond donors (Lipinski definition) is 3. The minimum atomic E-state index is -0.831. The molecule has 1 amide bonds. The second kappa shape index (κ2) is 4.31. The van der Waals surface area contributed by atoms with Crippen LogP contribution >= 0.6 is 0 Å². The van der Waals surface area contributed by atoms with Crippen LogP contribution < -0.4 is 5.73 Å². The third-order valence-electron chi connectivity index (χ3n) is 4.57. The van der Waals surface area contributed by atoms with E-state index in [1.54, 1.807) is 6.07 Å². The number of primary amides is 1. The lowest BCUT2D eigenvalue weighted by atomic mass is 9.90. The highest BCUT2D eigenvalue weighted by molar-refractivity contribution is 5.92. The number of benzene rings is 1. The molecule has 0 atom stereocenters. The van der Waals surface area contributed by atoms with E-state index in [2.05, 4.69) is 4.98 Å². The van der Waals surface area contributed by atoms with E-state index in [1.807, 2.05) is 19.9 Å². The van der Waals surface area contributed by atoms with Gasteiger partial charge in [-0.3, -0.25) is 4.79 Å². The van der Waals surface area contributed by atoms with Gasteiger partial charge in [0.2, 0.25) is 5.91 Å². The van der Waals surface area contributed by atoms with Crippen molar-refractivity contribution in [3.8, 4) is 0 Å². The molecule has 4 nitrogen and oxygen atoms in total. The summed E-state index contributed by atoms with van der Waals surface area (Å²) in [4.78, 5) is 14.7. The van der Waals surface area contributed by atoms with Gasteiger partial charge in [-0.1, -0.05) is 13.8 Å². The quantitative estimate of drug-likeness (QED) is 0.806. The van der Waals surface area contributed by atoms with E-state index in [1.165, 1.54) is 6.07 Å². The van der Waals surface area contributed by atoms with Crippen molar-refractivity contribution in [1.82, 2.24) is 4.98 Å². The van der Waals surface area contributed by atoms with E-state index >= 15 is 0 Å². The van der Waals surface area contributed by atoms with E-state index in [9.17, 15) is 14.3 Å². The Morgan fingerprint density at radius 3 is 2.62 bits per heavy atom. The first kappa shape index (κ1) is 14.1. The zero-order chi connectivity index (χ0) is 15.4. The summed E-state index contributed by atoms with van der Waals surface area (Å²) in [5.74, 6) is -0.874. The minimum absolute atomic E-state index is 0.0135. The maximum Gasteiger partial charge on any atom is 0.228 e. The number of H-pyrrole nitrogens is 1. The highest BCUT2D eigenvalue weighted by Crippen LogP contribution is 2.49. The van der Waals surface area contributed by atoms with Crippen LogP contribution in [0.1, 0.15) is 37.9 Å². The molecule has 0 radical (unpaired) electrons. The lowest BCUT2D eigenvalue weighted by Crippen LogP contribution is -2.29. The Hall–Kier alpha value is -1.88. The maximum atomic E-state index is 14.3. The van der Waals surface area contributed by atoms with Gasteiger partial charge >= 0.3 is 0 Å². The maximum absolute atomic E-state index is 14.3. The largest absolute Gasteiger partial charge is 0.395 e. The fraction of sp³-hybridized carbons (Fsp3) is 0.438. The van der Waals surface area contributed by atoms with E-state index in [-0.39, 0.29) is 6.61 Å². The summed E-state index contributed by atoms with van der Waals surface area (Å²) in [6.45, 7) is 3.79. The lowest BCUT2D eigenvalue weighted by Gasteiger charge is -2.19. The molecular weight excluding hydrogens is 271 g/mol. The summed E-state index contributed by atoms with van der Waals surface area (Å²) in [6.07, 6.45) is 1.20. The third-order valence-corrected chi connectivity index (χ3v) is 4.57. The van der Waals surface area contributed by atoms with E-state index in [0.717, 1.165) is 11.1 Å². The molecule has 5 heteroatoms. The van der Waals surface area contributed by atoms with Crippen LogP contribution in [0.2, 0.25) is 0 Å². The van der Waals surface area contributed by atoms with E-state index in [4.69, 9.17) is 5.73 Å². The van der Waals surface area contributed by atoms with Crippen LogP contribution in [-0.4, -0.2) is 22.6 Å². The average molecular weight is 290 g/mol. The molecule has 0 bridgehead atoms. The van der Waals surface area contributed by atoms with Gasteiger partial charge in [0.15, 0.2) is 0 Å². The number of aromatic amines is 1. The summed E-state index contributed by atoms with van der Waals surface area (Å²) >= 11 is 0. The number of nitrogens with two attached hydrogens (primary N) is 1. The number of rotatable bonds is 4. The summed E-state index contributed by atoms with van der Waals surface area (Å²) in [7, 11) is 0. The fourth-order valence-electron chi connectivity index (χ4n) is 2.74. The number of fused-ring (bicyclic) bond motifs is 1. The Bertz CT molecular complexity index is 729. The molecule has 21 heavy (non-hydrogen) atoms. The normalized spacial score (nSPS) is 17.1. The van der Waals surface area contributed by atoms with Gasteiger partial charge in [-0.15, -0.1) is 0 Å². The van der Waals surface area contributed by atoms with E-state index < -0.39 is 22.6 Å². The SMILES string of the molecule is CC(C)(CO)c1cc2cc(C3(C(N)=O)CC3)c(F)cc2[nH]1. The third kappa shape index (κ3) is 2.03. The minimum Gasteiger partial charge on any atom is -0.395 e. The Morgan fingerprint density at radius 1 is 1.43 bits per heavy atom. The highest BCUT2D eigenvalue weighted by Gasteiger charge is 2.51. The van der Waals surface area contributed by atoms with Crippen LogP contribution in [0.4, 0.5) is 4.39 Å². The van der Waals surface area contributed by atoms with Gasteiger partial charge in [0.25, 0.3) is 0 Å². The van der Waals surface area contributed by atoms with Gasteiger partial charge in [0.05, 0.1) is 12.0 Å². The van der Waals surface area contributed by atoms with Crippen LogP contribution in [-0.2, 0) is 15.6 Å². The molecule has 1 heterocycles. The predicted octanol–water partition coefficient (Wildman–Crippen LogP) is 2.09. The number of aromatic nitrogens is 1. The van der Waals surface area contributed by atoms with Crippen molar-refractivity contribution in [3.63, 3.8) is 0 Å². The van der Waals surface area contributed by atoms with Crippen LogP contribution in [0.5, 0.6) is 0 Å². The highest BCUT2D eigenvalue weighted by atomic mass is 19.1. The molecule has 1 aliphatic rings. The van der Waals surface area contributed by atoms with Crippen molar-refractivity contribution >= 4 is 16.8 Å². The van der Waals surface area contributed by atoms with Crippen molar-refractivity contribution in [2.45, 2.75) is 37.5 Å². The number of hydrogen-bond acceptors (Lipinski definition) is 2. The molecule has 0 saturated heterocycles. The van der Waals surface area contributed by atoms with Gasteiger partial charge in [-0.25, -0.2) is 4.39 Å². The summed E-state index contributed by atoms with van der Waals surface area (Å²) in [6, 6.07) is 5.01. The molecule has 1 saturated carbocycles. The van der Waals surface area contributed by atoms with Crippen molar-refractivity contribution in [1.29, 1.82) is 0 Å². The monoisotopic (exact) mass is 290 g/mol. The van der Waals surface area contributed by atoms with Gasteiger partial charge in [0.1, 0.15) is 5.82 Å². The molecule has 0 unspecified atom stereocenters. The Balaban J connectivity index is 2.14. The molecule has 4 N–H and O–H groups in total. The molecule has 1 aromatic heterocycles. The first-order chi connectivity index (χ1) is 9.80. The van der Waals surface area contributed by atoms with Gasteiger partial charge in [0, 0.05) is 27.6 Å². The molecular formula is C16H19FN2O2. The second-order valence-electron chi connectivity index (χ2n) is 6.59. The van der Waals surface area contributed by atoms with Gasteiger partial charge in [-0.05, 0) is 31.0 Å². The summed E-state index contributed by atoms with van der Waals surface area (Å²) < 4.78 is 14.3. The molecule has 1 aromatic carbocycles. The van der Waals surface area contributed by atoms with Crippen LogP contribution in [0.25, 0.3) is 10.9 Å². The number of halogens is 1. The zero-order valence-corrected chi connectivity index (χ0v) is 12.2. The van der Waals surface area contributed by atoms with Crippen LogP contribution in [0.3, 0.4) is 0 Å². The summed E-state index contributed by atoms with van der Waals surface area (Å²) in [5.41, 5.74) is 6.04. The first-order valence-electron chi connectivity index (χ1n) is 7.04. The van der Waals surface area contributed by atoms with Crippen molar-refractivity contribution in [2.75, 3.05) is 6.61 Å². The van der Waals surface area contributed by atoms with Gasteiger partial charge < -0.3 is 15.8 Å². The van der Waals surface area contributed by atoms with Crippen molar-refractivity contribution < 1.29 is 14.3 Å². The molecule has 2 aromatic rings. The molecule has 0 spiro atoms. The molecule has 0 aliphatic heterocycles. The topological polar surface area (TPSA) is 79.1 Å². The Labute approximate surface area is 122 Å². The number of nitrogens with one attached hydrogen (secondary N) is 1. The van der Waals surface area contributed by atoms with Crippen molar-refractivity contribution in [2.24, 2.45) is 5.73 Å². The second-order valence-corrected chi connectivity index (χ2v) is 6.59. The molecule has 112 valence electrons. The molecule has 1 aliphatic carbocycles. The summed E-state index contributed by atoms with van der Waals surface area (Å²) in [5, 5.41) is 10.3. The number of carbonyl (C=O) groups is 1. The number of amides is 1. The Kier molecular flexibility index (Phi) is 2.89. The average Bonchev–Trinajstić information content (AvgIpc) is 3.13. The number of aliphatic hydroxyl groups excluding tert-OH is 1. The van der Waals surface area contributed by atoms with E-state index in [0.29, 0.717) is 23.9 Å². The number of aliphatic hydroxyl groups is 1. The predicted molar refractivity (Wildman–Crippen MR) is 78.5 cm³/mol. The Morgan fingerprint density at radius 2 is 2.10 bits per heavy atom. The molecule has 1 fully saturated rings. The number of carbonyl (C=O) groups excluding carboxylic acids is 1.